The van der Waals surface area contributed by atoms with Gasteiger partial charge in [0.1, 0.15) is 0 Å². The lowest BCUT2D eigenvalue weighted by molar-refractivity contribution is 0.236. The monoisotopic (exact) mass is 410 g/mol. The molecule has 1 aromatic carbocycles. The number of rotatable bonds is 5. The number of benzene rings is 1. The lowest BCUT2D eigenvalue weighted by Crippen LogP contribution is -2.46. The molecule has 0 radical (unpaired) electrons. The second-order valence-corrected chi connectivity index (χ2v) is 8.64. The van der Waals surface area contributed by atoms with Gasteiger partial charge in [-0.2, -0.15) is 0 Å². The van der Waals surface area contributed by atoms with Crippen LogP contribution in [0.1, 0.15) is 37.1 Å². The van der Waals surface area contributed by atoms with Crippen molar-refractivity contribution < 1.29 is 5.11 Å². The Bertz CT molecular complexity index is 880. The fraction of sp³-hybridized carbons (Fsp3) is 0.542. The van der Waals surface area contributed by atoms with Crippen molar-refractivity contribution in [2.45, 2.75) is 38.8 Å². The minimum absolute atomic E-state index is 0.0948. The maximum atomic E-state index is 12.5. The van der Waals surface area contributed by atoms with Crippen molar-refractivity contribution in [1.82, 2.24) is 14.4 Å². The number of hydrogen-bond acceptors (Lipinski definition) is 5. The van der Waals surface area contributed by atoms with Crippen LogP contribution in [0.5, 0.6) is 5.75 Å². The van der Waals surface area contributed by atoms with Crippen LogP contribution in [0.2, 0.25) is 0 Å². The average Bonchev–Trinajstić information content (AvgIpc) is 3.05. The predicted molar refractivity (Wildman–Crippen MR) is 121 cm³/mol. The summed E-state index contributed by atoms with van der Waals surface area (Å²) in [6.07, 6.45) is 5.05. The van der Waals surface area contributed by atoms with E-state index in [9.17, 15) is 9.90 Å². The van der Waals surface area contributed by atoms with Crippen molar-refractivity contribution in [3.8, 4) is 5.75 Å². The van der Waals surface area contributed by atoms with Gasteiger partial charge >= 0.3 is 0 Å². The third-order valence-electron chi connectivity index (χ3n) is 6.59. The Morgan fingerprint density at radius 2 is 1.47 bits per heavy atom. The first-order valence-electron chi connectivity index (χ1n) is 11.3. The highest BCUT2D eigenvalue weighted by Gasteiger charge is 2.21. The highest BCUT2D eigenvalue weighted by atomic mass is 16.3. The topological polar surface area (TPSA) is 52.0 Å². The highest BCUT2D eigenvalue weighted by Crippen LogP contribution is 2.21. The summed E-state index contributed by atoms with van der Waals surface area (Å²) in [6, 6.07) is 12.1. The number of para-hydroxylation sites is 1. The summed E-state index contributed by atoms with van der Waals surface area (Å²) in [6.45, 7) is 7.29. The van der Waals surface area contributed by atoms with Crippen LogP contribution in [0.4, 0.5) is 5.69 Å². The molecule has 0 saturated carbocycles. The van der Waals surface area contributed by atoms with Gasteiger partial charge in [-0.25, -0.2) is 0 Å². The molecule has 0 bridgehead atoms. The number of nitrogens with zero attached hydrogens (tertiary/aromatic N) is 4. The second-order valence-electron chi connectivity index (χ2n) is 8.64. The Labute approximate surface area is 179 Å². The van der Waals surface area contributed by atoms with Gasteiger partial charge in [0.25, 0.3) is 0 Å². The minimum Gasteiger partial charge on any atom is -0.503 e. The standard InChI is InChI=1S/C24H34N4O2/c1-25-21(18-26-11-7-2-3-8-12-26)17-23(29)24(30)22(25)19-27-13-15-28(16-14-27)20-9-5-4-6-10-20/h4-6,9-10,17,30H,2-3,7-8,11-16,18-19H2,1H3. The first kappa shape index (κ1) is 20.9. The van der Waals surface area contributed by atoms with E-state index in [1.807, 2.05) is 17.7 Å². The van der Waals surface area contributed by atoms with E-state index in [0.29, 0.717) is 6.54 Å². The predicted octanol–water partition coefficient (Wildman–Crippen LogP) is 2.79. The Morgan fingerprint density at radius 1 is 0.833 bits per heavy atom. The smallest absolute Gasteiger partial charge is 0.223 e. The molecule has 2 saturated heterocycles. The molecule has 0 amide bonds. The van der Waals surface area contributed by atoms with Crippen molar-refractivity contribution in [3.05, 3.63) is 58.0 Å². The maximum Gasteiger partial charge on any atom is 0.223 e. The Hall–Kier alpha value is -2.31. The van der Waals surface area contributed by atoms with Gasteiger partial charge in [0.2, 0.25) is 5.43 Å². The molecule has 0 spiro atoms. The summed E-state index contributed by atoms with van der Waals surface area (Å²) in [5, 5.41) is 10.5. The van der Waals surface area contributed by atoms with Gasteiger partial charge in [-0.05, 0) is 38.1 Å². The van der Waals surface area contributed by atoms with Gasteiger partial charge in [-0.1, -0.05) is 31.0 Å². The zero-order valence-corrected chi connectivity index (χ0v) is 18.1. The molecule has 30 heavy (non-hydrogen) atoms. The van der Waals surface area contributed by atoms with Gasteiger partial charge in [0.05, 0.1) is 5.69 Å². The van der Waals surface area contributed by atoms with Crippen LogP contribution >= 0.6 is 0 Å². The fourth-order valence-electron chi connectivity index (χ4n) is 4.66. The third kappa shape index (κ3) is 4.87. The van der Waals surface area contributed by atoms with E-state index in [1.54, 1.807) is 6.07 Å². The highest BCUT2D eigenvalue weighted by molar-refractivity contribution is 5.46. The minimum atomic E-state index is -0.254. The van der Waals surface area contributed by atoms with Crippen LogP contribution in [0.25, 0.3) is 0 Å². The largest absolute Gasteiger partial charge is 0.503 e. The van der Waals surface area contributed by atoms with Gasteiger partial charge < -0.3 is 14.6 Å². The van der Waals surface area contributed by atoms with Gasteiger partial charge in [0.15, 0.2) is 5.75 Å². The van der Waals surface area contributed by atoms with Crippen molar-refractivity contribution in [3.63, 3.8) is 0 Å². The van der Waals surface area contributed by atoms with Crippen LogP contribution in [0.3, 0.4) is 0 Å². The summed E-state index contributed by atoms with van der Waals surface area (Å²) in [7, 11) is 1.99. The average molecular weight is 411 g/mol. The molecule has 3 heterocycles. The number of anilines is 1. The van der Waals surface area contributed by atoms with E-state index in [1.165, 1.54) is 31.4 Å². The molecule has 162 valence electrons. The molecule has 0 aliphatic carbocycles. The van der Waals surface area contributed by atoms with Crippen molar-refractivity contribution >= 4 is 5.69 Å². The molecule has 0 atom stereocenters. The lowest BCUT2D eigenvalue weighted by atomic mass is 10.2. The van der Waals surface area contributed by atoms with E-state index >= 15 is 0 Å². The fourth-order valence-corrected chi connectivity index (χ4v) is 4.66. The van der Waals surface area contributed by atoms with Crippen LogP contribution in [0, 0.1) is 0 Å². The normalized spacial score (nSPS) is 19.0. The van der Waals surface area contributed by atoms with Crippen LogP contribution < -0.4 is 10.3 Å². The molecule has 6 heteroatoms. The molecule has 6 nitrogen and oxygen atoms in total. The number of piperazine rings is 1. The van der Waals surface area contributed by atoms with Crippen molar-refractivity contribution in [2.24, 2.45) is 7.05 Å². The molecular weight excluding hydrogens is 376 g/mol. The quantitative estimate of drug-likeness (QED) is 0.822. The maximum absolute atomic E-state index is 12.5. The molecular formula is C24H34N4O2. The van der Waals surface area contributed by atoms with E-state index in [-0.39, 0.29) is 11.2 Å². The number of aromatic nitrogens is 1. The summed E-state index contributed by atoms with van der Waals surface area (Å²) >= 11 is 0. The Balaban J connectivity index is 1.45. The van der Waals surface area contributed by atoms with E-state index in [2.05, 4.69) is 39.0 Å². The summed E-state index contributed by atoms with van der Waals surface area (Å²) in [5.41, 5.74) is 2.74. The zero-order chi connectivity index (χ0) is 20.9. The van der Waals surface area contributed by atoms with E-state index < -0.39 is 0 Å². The van der Waals surface area contributed by atoms with Gasteiger partial charge in [0, 0.05) is 63.8 Å². The number of pyridine rings is 1. The molecule has 1 N–H and O–H groups in total. The van der Waals surface area contributed by atoms with Crippen LogP contribution in [-0.2, 0) is 20.1 Å². The molecule has 0 unspecified atom stereocenters. The number of likely N-dealkylation sites (tertiary alicyclic amines) is 1. The van der Waals surface area contributed by atoms with Crippen LogP contribution in [-0.4, -0.2) is 58.7 Å². The van der Waals surface area contributed by atoms with E-state index in [4.69, 9.17) is 0 Å². The third-order valence-corrected chi connectivity index (χ3v) is 6.59. The second kappa shape index (κ2) is 9.67. The summed E-state index contributed by atoms with van der Waals surface area (Å²) < 4.78 is 2.05. The number of aromatic hydroxyl groups is 1. The van der Waals surface area contributed by atoms with Gasteiger partial charge in [-0.3, -0.25) is 14.6 Å². The SMILES string of the molecule is Cn1c(CN2CCCCCC2)cc(=O)c(O)c1CN1CCN(c2ccccc2)CC1. The lowest BCUT2D eigenvalue weighted by Gasteiger charge is -2.36. The Morgan fingerprint density at radius 3 is 2.13 bits per heavy atom. The molecule has 2 fully saturated rings. The Kier molecular flexibility index (Phi) is 6.75. The molecule has 1 aromatic heterocycles. The molecule has 2 aliphatic rings. The summed E-state index contributed by atoms with van der Waals surface area (Å²) in [5.74, 6) is -0.0948. The molecule has 2 aliphatic heterocycles. The molecule has 2 aromatic rings. The van der Waals surface area contributed by atoms with Crippen LogP contribution in [0.15, 0.2) is 41.2 Å². The first-order chi connectivity index (χ1) is 14.6. The molecule has 4 rings (SSSR count). The summed E-state index contributed by atoms with van der Waals surface area (Å²) in [4.78, 5) is 19.7. The van der Waals surface area contributed by atoms with Crippen molar-refractivity contribution in [2.75, 3.05) is 44.2 Å². The van der Waals surface area contributed by atoms with Crippen molar-refractivity contribution in [1.29, 1.82) is 0 Å². The van der Waals surface area contributed by atoms with Gasteiger partial charge in [-0.15, -0.1) is 0 Å². The number of hydrogen-bond donors (Lipinski definition) is 1. The first-order valence-corrected chi connectivity index (χ1v) is 11.3. The zero-order valence-electron chi connectivity index (χ0n) is 18.1. The van der Waals surface area contributed by atoms with E-state index in [0.717, 1.165) is 57.2 Å².